The van der Waals surface area contributed by atoms with Gasteiger partial charge in [-0.25, -0.2) is 0 Å². The van der Waals surface area contributed by atoms with E-state index in [-0.39, 0.29) is 12.5 Å². The van der Waals surface area contributed by atoms with Crippen LogP contribution in [0, 0.1) is 5.41 Å². The number of carboxylic acid groups (broad SMARTS) is 1. The summed E-state index contributed by atoms with van der Waals surface area (Å²) < 4.78 is 10.5. The van der Waals surface area contributed by atoms with Gasteiger partial charge in [-0.3, -0.25) is 9.59 Å². The zero-order valence-electron chi connectivity index (χ0n) is 12.9. The third-order valence-electron chi connectivity index (χ3n) is 3.94. The van der Waals surface area contributed by atoms with E-state index in [1.165, 1.54) is 0 Å². The van der Waals surface area contributed by atoms with Crippen LogP contribution in [0.5, 0.6) is 5.75 Å². The predicted octanol–water partition coefficient (Wildman–Crippen LogP) is 1.65. The molecule has 1 aliphatic rings. The summed E-state index contributed by atoms with van der Waals surface area (Å²) in [6, 6.07) is 6.99. The van der Waals surface area contributed by atoms with E-state index < -0.39 is 11.4 Å². The van der Waals surface area contributed by atoms with Crippen LogP contribution in [0.25, 0.3) is 0 Å². The minimum atomic E-state index is -0.874. The first kappa shape index (κ1) is 16.3. The number of para-hydroxylation sites is 1. The van der Waals surface area contributed by atoms with E-state index in [1.54, 1.807) is 43.2 Å². The van der Waals surface area contributed by atoms with Crippen molar-refractivity contribution >= 4 is 11.9 Å². The Morgan fingerprint density at radius 2 is 2.05 bits per heavy atom. The maximum Gasteiger partial charge on any atom is 0.311 e. The minimum Gasteiger partial charge on any atom is -0.490 e. The molecule has 6 nitrogen and oxygen atoms in total. The van der Waals surface area contributed by atoms with E-state index in [0.717, 1.165) is 0 Å². The molecule has 120 valence electrons. The average Bonchev–Trinajstić information content (AvgIpc) is 2.91. The molecule has 1 fully saturated rings. The van der Waals surface area contributed by atoms with Gasteiger partial charge in [0.2, 0.25) is 0 Å². The number of hydrogen-bond acceptors (Lipinski definition) is 4. The summed E-state index contributed by atoms with van der Waals surface area (Å²) in [6.45, 7) is 3.11. The van der Waals surface area contributed by atoms with Crippen molar-refractivity contribution in [3.8, 4) is 5.75 Å². The first-order valence-corrected chi connectivity index (χ1v) is 7.21. The molecule has 1 amide bonds. The Hall–Kier alpha value is -2.08. The van der Waals surface area contributed by atoms with Crippen LogP contribution in [0.1, 0.15) is 23.7 Å². The van der Waals surface area contributed by atoms with Crippen LogP contribution in [0.4, 0.5) is 0 Å². The fourth-order valence-electron chi connectivity index (χ4n) is 2.48. The number of aliphatic carboxylic acids is 1. The summed E-state index contributed by atoms with van der Waals surface area (Å²) in [5.74, 6) is -0.570. The molecule has 22 heavy (non-hydrogen) atoms. The molecule has 0 unspecified atom stereocenters. The first-order valence-electron chi connectivity index (χ1n) is 7.21. The molecule has 1 aromatic rings. The maximum atomic E-state index is 12.6. The van der Waals surface area contributed by atoms with Gasteiger partial charge >= 0.3 is 5.97 Å². The first-order chi connectivity index (χ1) is 10.5. The number of benzene rings is 1. The smallest absolute Gasteiger partial charge is 0.311 e. The number of nitrogens with zero attached hydrogens (tertiary/aromatic N) is 1. The van der Waals surface area contributed by atoms with Gasteiger partial charge in [0, 0.05) is 20.2 Å². The highest BCUT2D eigenvalue weighted by Crippen LogP contribution is 2.32. The molecule has 0 spiro atoms. The second-order valence-electron chi connectivity index (χ2n) is 5.68. The zero-order valence-corrected chi connectivity index (χ0v) is 12.9. The Balaban J connectivity index is 2.12. The summed E-state index contributed by atoms with van der Waals surface area (Å²) in [5.41, 5.74) is -0.421. The van der Waals surface area contributed by atoms with Crippen molar-refractivity contribution in [2.24, 2.45) is 5.41 Å². The SMILES string of the molecule is COCCOc1ccccc1C(=O)N1CC[C@@](C)(C(=O)O)C1. The van der Waals surface area contributed by atoms with Gasteiger partial charge in [0.1, 0.15) is 12.4 Å². The lowest BCUT2D eigenvalue weighted by molar-refractivity contribution is -0.147. The Labute approximate surface area is 129 Å². The molecule has 0 aromatic heterocycles. The number of ether oxygens (including phenoxy) is 2. The monoisotopic (exact) mass is 307 g/mol. The Morgan fingerprint density at radius 3 is 2.68 bits per heavy atom. The molecule has 1 atom stereocenters. The molecule has 0 radical (unpaired) electrons. The zero-order chi connectivity index (χ0) is 16.2. The van der Waals surface area contributed by atoms with Crippen LogP contribution in [0.2, 0.25) is 0 Å². The van der Waals surface area contributed by atoms with E-state index in [0.29, 0.717) is 37.5 Å². The molecule has 0 aliphatic carbocycles. The predicted molar refractivity (Wildman–Crippen MR) is 80.1 cm³/mol. The van der Waals surface area contributed by atoms with Crippen molar-refractivity contribution in [1.29, 1.82) is 0 Å². The third kappa shape index (κ3) is 3.39. The highest BCUT2D eigenvalue weighted by molar-refractivity contribution is 5.97. The van der Waals surface area contributed by atoms with Crippen molar-refractivity contribution in [3.05, 3.63) is 29.8 Å². The normalized spacial score (nSPS) is 20.9. The standard InChI is InChI=1S/C16H21NO5/c1-16(15(19)20)7-8-17(11-16)14(18)12-5-3-4-6-13(12)22-10-9-21-2/h3-6H,7-11H2,1-2H3,(H,19,20)/t16-/m1/s1. The second-order valence-corrected chi connectivity index (χ2v) is 5.68. The van der Waals surface area contributed by atoms with Gasteiger partial charge < -0.3 is 19.5 Å². The van der Waals surface area contributed by atoms with Gasteiger partial charge in [0.05, 0.1) is 17.6 Å². The molecular weight excluding hydrogens is 286 g/mol. The Morgan fingerprint density at radius 1 is 1.32 bits per heavy atom. The van der Waals surface area contributed by atoms with Crippen LogP contribution in [-0.4, -0.2) is 55.3 Å². The molecule has 1 N–H and O–H groups in total. The highest BCUT2D eigenvalue weighted by Gasteiger charge is 2.42. The van der Waals surface area contributed by atoms with Crippen molar-refractivity contribution in [2.75, 3.05) is 33.4 Å². The topological polar surface area (TPSA) is 76.1 Å². The average molecular weight is 307 g/mol. The van der Waals surface area contributed by atoms with Gasteiger partial charge in [-0.2, -0.15) is 0 Å². The largest absolute Gasteiger partial charge is 0.490 e. The van der Waals surface area contributed by atoms with E-state index in [9.17, 15) is 14.7 Å². The van der Waals surface area contributed by atoms with Crippen molar-refractivity contribution in [3.63, 3.8) is 0 Å². The number of methoxy groups -OCH3 is 1. The van der Waals surface area contributed by atoms with Crippen molar-refractivity contribution < 1.29 is 24.2 Å². The number of likely N-dealkylation sites (tertiary alicyclic amines) is 1. The van der Waals surface area contributed by atoms with Crippen LogP contribution in [0.15, 0.2) is 24.3 Å². The molecule has 0 saturated carbocycles. The number of carbonyl (C=O) groups excluding carboxylic acids is 1. The molecule has 6 heteroatoms. The fraction of sp³-hybridized carbons (Fsp3) is 0.500. The van der Waals surface area contributed by atoms with Gasteiger partial charge in [-0.15, -0.1) is 0 Å². The number of amides is 1. The molecule has 1 aromatic carbocycles. The molecule has 1 saturated heterocycles. The molecular formula is C16H21NO5. The Kier molecular flexibility index (Phi) is 5.03. The molecule has 1 heterocycles. The second kappa shape index (κ2) is 6.79. The number of hydrogen-bond donors (Lipinski definition) is 1. The number of carboxylic acids is 1. The summed E-state index contributed by atoms with van der Waals surface area (Å²) in [6.07, 6.45) is 0.459. The minimum absolute atomic E-state index is 0.196. The fourth-order valence-corrected chi connectivity index (χ4v) is 2.48. The summed E-state index contributed by atoms with van der Waals surface area (Å²) in [4.78, 5) is 25.5. The molecule has 1 aliphatic heterocycles. The van der Waals surface area contributed by atoms with Gasteiger partial charge in [-0.05, 0) is 25.5 Å². The van der Waals surface area contributed by atoms with E-state index in [1.807, 2.05) is 0 Å². The lowest BCUT2D eigenvalue weighted by atomic mass is 9.90. The number of rotatable bonds is 6. The quantitative estimate of drug-likeness (QED) is 0.809. The molecule has 0 bridgehead atoms. The lowest BCUT2D eigenvalue weighted by Gasteiger charge is -2.21. The number of carbonyl (C=O) groups is 2. The van der Waals surface area contributed by atoms with Gasteiger partial charge in [-0.1, -0.05) is 12.1 Å². The summed E-state index contributed by atoms with van der Waals surface area (Å²) >= 11 is 0. The van der Waals surface area contributed by atoms with E-state index >= 15 is 0 Å². The van der Waals surface area contributed by atoms with E-state index in [4.69, 9.17) is 9.47 Å². The highest BCUT2D eigenvalue weighted by atomic mass is 16.5. The van der Waals surface area contributed by atoms with Gasteiger partial charge in [0.15, 0.2) is 0 Å². The van der Waals surface area contributed by atoms with Crippen molar-refractivity contribution in [2.45, 2.75) is 13.3 Å². The molecule has 2 rings (SSSR count). The third-order valence-corrected chi connectivity index (χ3v) is 3.94. The summed E-state index contributed by atoms with van der Waals surface area (Å²) in [5, 5.41) is 9.26. The van der Waals surface area contributed by atoms with Crippen LogP contribution in [0.3, 0.4) is 0 Å². The van der Waals surface area contributed by atoms with Gasteiger partial charge in [0.25, 0.3) is 5.91 Å². The maximum absolute atomic E-state index is 12.6. The lowest BCUT2D eigenvalue weighted by Crippen LogP contribution is -2.35. The van der Waals surface area contributed by atoms with Crippen LogP contribution >= 0.6 is 0 Å². The Bertz CT molecular complexity index is 559. The van der Waals surface area contributed by atoms with Crippen LogP contribution in [-0.2, 0) is 9.53 Å². The van der Waals surface area contributed by atoms with E-state index in [2.05, 4.69) is 0 Å². The van der Waals surface area contributed by atoms with Crippen molar-refractivity contribution in [1.82, 2.24) is 4.90 Å². The summed E-state index contributed by atoms with van der Waals surface area (Å²) in [7, 11) is 1.58. The van der Waals surface area contributed by atoms with Crippen LogP contribution < -0.4 is 4.74 Å².